The van der Waals surface area contributed by atoms with Gasteiger partial charge in [0.1, 0.15) is 5.01 Å². The van der Waals surface area contributed by atoms with E-state index in [0.717, 1.165) is 22.7 Å². The summed E-state index contributed by atoms with van der Waals surface area (Å²) in [6, 6.07) is 9.89. The van der Waals surface area contributed by atoms with Crippen LogP contribution >= 0.6 is 11.3 Å². The second-order valence-corrected chi connectivity index (χ2v) is 8.99. The third-order valence-electron chi connectivity index (χ3n) is 4.97. The first-order valence-corrected chi connectivity index (χ1v) is 10.7. The van der Waals surface area contributed by atoms with Crippen LogP contribution in [0.15, 0.2) is 46.9 Å². The van der Waals surface area contributed by atoms with E-state index in [0.29, 0.717) is 39.7 Å². The van der Waals surface area contributed by atoms with Gasteiger partial charge in [-0.05, 0) is 45.0 Å². The van der Waals surface area contributed by atoms with E-state index in [1.165, 1.54) is 37.3 Å². The highest BCUT2D eigenvalue weighted by atomic mass is 32.1. The molecule has 0 unspecified atom stereocenters. The standard InChI is InChI=1S/C23H19F3N2O4S/c1-12-17(33-20(27-12)13-7-9-14(10-8-13)23(24,25)26)11-18-28-19-15(31-18)5-4-6-16(19)32-22(2,3)21(29)30/h4-10H,11H2,1-3H3,(H,29,30). The number of hydrogen-bond donors (Lipinski definition) is 1. The lowest BCUT2D eigenvalue weighted by atomic mass is 10.1. The third kappa shape index (κ3) is 4.70. The number of aromatic nitrogens is 2. The minimum atomic E-state index is -4.39. The molecule has 0 atom stereocenters. The number of fused-ring (bicyclic) bond motifs is 1. The zero-order valence-electron chi connectivity index (χ0n) is 17.9. The lowest BCUT2D eigenvalue weighted by molar-refractivity contribution is -0.152. The van der Waals surface area contributed by atoms with Crippen LogP contribution in [0.3, 0.4) is 0 Å². The quantitative estimate of drug-likeness (QED) is 0.361. The smallest absolute Gasteiger partial charge is 0.416 e. The molecule has 0 bridgehead atoms. The van der Waals surface area contributed by atoms with E-state index < -0.39 is 23.3 Å². The van der Waals surface area contributed by atoms with Gasteiger partial charge in [0.25, 0.3) is 0 Å². The van der Waals surface area contributed by atoms with Crippen molar-refractivity contribution in [3.63, 3.8) is 0 Å². The molecule has 0 aliphatic rings. The maximum absolute atomic E-state index is 12.8. The first-order valence-electron chi connectivity index (χ1n) is 9.89. The second kappa shape index (κ2) is 8.18. The molecule has 0 aliphatic heterocycles. The van der Waals surface area contributed by atoms with Crippen molar-refractivity contribution in [3.8, 4) is 16.3 Å². The highest BCUT2D eigenvalue weighted by Gasteiger charge is 2.31. The van der Waals surface area contributed by atoms with Crippen molar-refractivity contribution in [3.05, 3.63) is 64.5 Å². The van der Waals surface area contributed by atoms with Crippen LogP contribution in [0.4, 0.5) is 13.2 Å². The first kappa shape index (κ1) is 22.8. The van der Waals surface area contributed by atoms with Gasteiger partial charge in [0.05, 0.1) is 17.7 Å². The Labute approximate surface area is 190 Å². The fraction of sp³-hybridized carbons (Fsp3) is 0.261. The Balaban J connectivity index is 1.60. The minimum absolute atomic E-state index is 0.293. The van der Waals surface area contributed by atoms with Crippen molar-refractivity contribution in [2.24, 2.45) is 0 Å². The summed E-state index contributed by atoms with van der Waals surface area (Å²) in [7, 11) is 0. The van der Waals surface area contributed by atoms with E-state index in [1.54, 1.807) is 18.2 Å². The summed E-state index contributed by atoms with van der Waals surface area (Å²) >= 11 is 1.35. The molecule has 0 fully saturated rings. The number of rotatable bonds is 6. The number of carbonyl (C=O) groups is 1. The molecule has 4 aromatic rings. The Morgan fingerprint density at radius 2 is 1.82 bits per heavy atom. The van der Waals surface area contributed by atoms with Gasteiger partial charge in [0.15, 0.2) is 22.5 Å². The molecule has 0 saturated carbocycles. The Morgan fingerprint density at radius 3 is 2.45 bits per heavy atom. The lowest BCUT2D eigenvalue weighted by Crippen LogP contribution is -2.37. The molecule has 172 valence electrons. The van der Waals surface area contributed by atoms with Gasteiger partial charge in [-0.1, -0.05) is 18.2 Å². The van der Waals surface area contributed by atoms with Crippen molar-refractivity contribution < 1.29 is 32.2 Å². The summed E-state index contributed by atoms with van der Waals surface area (Å²) in [4.78, 5) is 21.2. The molecular formula is C23H19F3N2O4S. The number of carboxylic acid groups (broad SMARTS) is 1. The number of ether oxygens (including phenoxy) is 1. The predicted octanol–water partition coefficient (Wildman–Crippen LogP) is 6.11. The van der Waals surface area contributed by atoms with Gasteiger partial charge in [0, 0.05) is 10.4 Å². The number of benzene rings is 2. The number of carboxylic acids is 1. The predicted molar refractivity (Wildman–Crippen MR) is 116 cm³/mol. The van der Waals surface area contributed by atoms with Crippen molar-refractivity contribution in [1.29, 1.82) is 0 Å². The zero-order chi connectivity index (χ0) is 24.0. The minimum Gasteiger partial charge on any atom is -0.478 e. The number of oxazole rings is 1. The zero-order valence-corrected chi connectivity index (χ0v) is 18.7. The van der Waals surface area contributed by atoms with Crippen LogP contribution < -0.4 is 4.74 Å². The summed E-state index contributed by atoms with van der Waals surface area (Å²) < 4.78 is 49.9. The third-order valence-corrected chi connectivity index (χ3v) is 6.18. The molecule has 2 heterocycles. The van der Waals surface area contributed by atoms with E-state index in [2.05, 4.69) is 9.97 Å². The number of hydrogen-bond acceptors (Lipinski definition) is 6. The van der Waals surface area contributed by atoms with Gasteiger partial charge in [-0.25, -0.2) is 14.8 Å². The highest BCUT2D eigenvalue weighted by molar-refractivity contribution is 7.15. The fourth-order valence-electron chi connectivity index (χ4n) is 3.10. The molecule has 0 saturated heterocycles. The number of nitrogens with zero attached hydrogens (tertiary/aromatic N) is 2. The molecule has 2 aromatic carbocycles. The molecule has 0 spiro atoms. The second-order valence-electron chi connectivity index (χ2n) is 7.91. The Bertz CT molecular complexity index is 1320. The molecule has 10 heteroatoms. The molecule has 0 radical (unpaired) electrons. The van der Waals surface area contributed by atoms with Gasteiger partial charge < -0.3 is 14.3 Å². The molecule has 0 aliphatic carbocycles. The topological polar surface area (TPSA) is 85.5 Å². The monoisotopic (exact) mass is 476 g/mol. The largest absolute Gasteiger partial charge is 0.478 e. The van der Waals surface area contributed by atoms with Gasteiger partial charge in [-0.15, -0.1) is 11.3 Å². The molecule has 33 heavy (non-hydrogen) atoms. The highest BCUT2D eigenvalue weighted by Crippen LogP contribution is 2.34. The Morgan fingerprint density at radius 1 is 1.12 bits per heavy atom. The molecule has 4 rings (SSSR count). The van der Waals surface area contributed by atoms with Crippen LogP contribution in [0, 0.1) is 6.92 Å². The average molecular weight is 476 g/mol. The fourth-order valence-corrected chi connectivity index (χ4v) is 4.16. The average Bonchev–Trinajstić information content (AvgIpc) is 3.31. The molecule has 2 aromatic heterocycles. The number of aliphatic carboxylic acids is 1. The molecule has 6 nitrogen and oxygen atoms in total. The maximum Gasteiger partial charge on any atom is 0.416 e. The van der Waals surface area contributed by atoms with Crippen LogP contribution in [-0.2, 0) is 17.4 Å². The van der Waals surface area contributed by atoms with Gasteiger partial charge in [0.2, 0.25) is 5.89 Å². The van der Waals surface area contributed by atoms with Gasteiger partial charge >= 0.3 is 12.1 Å². The summed E-state index contributed by atoms with van der Waals surface area (Å²) in [6.45, 7) is 4.70. The molecule has 0 amide bonds. The van der Waals surface area contributed by atoms with E-state index >= 15 is 0 Å². The number of thiazole rings is 1. The summed E-state index contributed by atoms with van der Waals surface area (Å²) in [5.41, 5.74) is 0.0151. The number of halogens is 3. The van der Waals surface area contributed by atoms with Gasteiger partial charge in [-0.2, -0.15) is 13.2 Å². The van der Waals surface area contributed by atoms with Crippen molar-refractivity contribution in [2.75, 3.05) is 0 Å². The number of alkyl halides is 3. The number of aryl methyl sites for hydroxylation is 1. The SMILES string of the molecule is Cc1nc(-c2ccc(C(F)(F)F)cc2)sc1Cc1nc2c(OC(C)(C)C(=O)O)cccc2o1. The van der Waals surface area contributed by atoms with Crippen LogP contribution in [0.2, 0.25) is 0 Å². The van der Waals surface area contributed by atoms with E-state index in [4.69, 9.17) is 9.15 Å². The number of para-hydroxylation sites is 1. The van der Waals surface area contributed by atoms with Crippen LogP contribution in [0.1, 0.15) is 35.9 Å². The van der Waals surface area contributed by atoms with Crippen molar-refractivity contribution >= 4 is 28.4 Å². The Kier molecular flexibility index (Phi) is 5.65. The van der Waals surface area contributed by atoms with Crippen molar-refractivity contribution in [1.82, 2.24) is 9.97 Å². The van der Waals surface area contributed by atoms with E-state index in [1.807, 2.05) is 6.92 Å². The van der Waals surface area contributed by atoms with Crippen LogP contribution in [0.25, 0.3) is 21.7 Å². The summed E-state index contributed by atoms with van der Waals surface area (Å²) in [5, 5.41) is 9.92. The van der Waals surface area contributed by atoms with E-state index in [9.17, 15) is 23.1 Å². The first-order chi connectivity index (χ1) is 15.4. The van der Waals surface area contributed by atoms with Crippen LogP contribution in [0.5, 0.6) is 5.75 Å². The lowest BCUT2D eigenvalue weighted by Gasteiger charge is -2.21. The van der Waals surface area contributed by atoms with Crippen LogP contribution in [-0.4, -0.2) is 26.6 Å². The summed E-state index contributed by atoms with van der Waals surface area (Å²) in [5.74, 6) is -0.430. The maximum atomic E-state index is 12.8. The summed E-state index contributed by atoms with van der Waals surface area (Å²) in [6.07, 6.45) is -4.07. The molecular weight excluding hydrogens is 457 g/mol. The normalized spacial score (nSPS) is 12.3. The molecule has 1 N–H and O–H groups in total. The Hall–Kier alpha value is -3.40. The van der Waals surface area contributed by atoms with Gasteiger partial charge in [-0.3, -0.25) is 0 Å². The van der Waals surface area contributed by atoms with Crippen molar-refractivity contribution in [2.45, 2.75) is 39.0 Å². The van der Waals surface area contributed by atoms with E-state index in [-0.39, 0.29) is 0 Å².